The first kappa shape index (κ1) is 20.2. The summed E-state index contributed by atoms with van der Waals surface area (Å²) in [5, 5.41) is 7.59. The van der Waals surface area contributed by atoms with Crippen molar-refractivity contribution in [3.8, 4) is 0 Å². The highest BCUT2D eigenvalue weighted by molar-refractivity contribution is 8.00. The lowest BCUT2D eigenvalue weighted by Gasteiger charge is -2.12. The van der Waals surface area contributed by atoms with E-state index in [0.29, 0.717) is 6.54 Å². The van der Waals surface area contributed by atoms with Gasteiger partial charge in [-0.25, -0.2) is 0 Å². The maximum absolute atomic E-state index is 12.5. The molecule has 5 heteroatoms. The topological polar surface area (TPSA) is 46.9 Å². The second-order valence-corrected chi connectivity index (χ2v) is 8.50. The van der Waals surface area contributed by atoms with Gasteiger partial charge in [0.05, 0.1) is 17.5 Å². The molecule has 0 aliphatic heterocycles. The van der Waals surface area contributed by atoms with Crippen LogP contribution in [0.3, 0.4) is 0 Å². The zero-order chi connectivity index (χ0) is 20.1. The summed E-state index contributed by atoms with van der Waals surface area (Å²) in [6.07, 6.45) is 0. The minimum atomic E-state index is -0.150. The van der Waals surface area contributed by atoms with Gasteiger partial charge in [0.15, 0.2) is 0 Å². The number of rotatable bonds is 7. The molecule has 3 aromatic rings. The first-order valence-electron chi connectivity index (χ1n) is 9.52. The number of benzene rings is 2. The van der Waals surface area contributed by atoms with Gasteiger partial charge in [-0.1, -0.05) is 48.0 Å². The third-order valence-corrected chi connectivity index (χ3v) is 5.96. The summed E-state index contributed by atoms with van der Waals surface area (Å²) in [6.45, 7) is 9.31. The van der Waals surface area contributed by atoms with Crippen LogP contribution in [0, 0.1) is 20.8 Å². The Morgan fingerprint density at radius 3 is 2.43 bits per heavy atom. The van der Waals surface area contributed by atoms with Crippen LogP contribution in [0.1, 0.15) is 35.0 Å². The summed E-state index contributed by atoms with van der Waals surface area (Å²) in [7, 11) is 0. The molecule has 1 N–H and O–H groups in total. The molecule has 0 radical (unpaired) electrons. The molecule has 0 fully saturated rings. The van der Waals surface area contributed by atoms with E-state index < -0.39 is 0 Å². The number of nitrogens with zero attached hydrogens (tertiary/aromatic N) is 2. The Morgan fingerprint density at radius 2 is 1.75 bits per heavy atom. The molecule has 1 amide bonds. The third-order valence-electron chi connectivity index (χ3n) is 4.85. The van der Waals surface area contributed by atoms with Gasteiger partial charge in [-0.2, -0.15) is 5.10 Å². The predicted molar refractivity (Wildman–Crippen MR) is 116 cm³/mol. The lowest BCUT2D eigenvalue weighted by atomic mass is 10.2. The van der Waals surface area contributed by atoms with Crippen molar-refractivity contribution in [3.05, 3.63) is 82.7 Å². The Kier molecular flexibility index (Phi) is 6.57. The van der Waals surface area contributed by atoms with Crippen molar-refractivity contribution >= 4 is 17.7 Å². The van der Waals surface area contributed by atoms with E-state index in [9.17, 15) is 4.79 Å². The number of carbonyl (C=O) groups is 1. The molecular weight excluding hydrogens is 366 g/mol. The number of hydrogen-bond donors (Lipinski definition) is 1. The summed E-state index contributed by atoms with van der Waals surface area (Å²) in [5.74, 6) is 0.0418. The fourth-order valence-corrected chi connectivity index (χ4v) is 3.99. The average Bonchev–Trinajstić information content (AvgIpc) is 2.95. The molecule has 0 aliphatic rings. The summed E-state index contributed by atoms with van der Waals surface area (Å²) < 4.78 is 2.01. The Labute approximate surface area is 171 Å². The second-order valence-electron chi connectivity index (χ2n) is 7.08. The van der Waals surface area contributed by atoms with Gasteiger partial charge in [-0.3, -0.25) is 9.48 Å². The third kappa shape index (κ3) is 5.04. The second kappa shape index (κ2) is 9.11. The minimum absolute atomic E-state index is 0.0418. The van der Waals surface area contributed by atoms with Crippen LogP contribution in [0.25, 0.3) is 0 Å². The highest BCUT2D eigenvalue weighted by Gasteiger charge is 2.17. The number of carbonyl (C=O) groups excluding carboxylic acids is 1. The fraction of sp³-hybridized carbons (Fsp3) is 0.304. The highest BCUT2D eigenvalue weighted by atomic mass is 32.2. The lowest BCUT2D eigenvalue weighted by molar-refractivity contribution is -0.120. The van der Waals surface area contributed by atoms with Crippen LogP contribution in [-0.2, 0) is 17.9 Å². The van der Waals surface area contributed by atoms with Crippen molar-refractivity contribution in [1.82, 2.24) is 15.1 Å². The predicted octanol–water partition coefficient (Wildman–Crippen LogP) is 4.65. The number of amides is 1. The molecule has 0 unspecified atom stereocenters. The average molecular weight is 394 g/mol. The molecular formula is C23H27N3OS. The van der Waals surface area contributed by atoms with Gasteiger partial charge in [-0.15, -0.1) is 11.8 Å². The molecule has 0 spiro atoms. The van der Waals surface area contributed by atoms with Gasteiger partial charge in [-0.05, 0) is 45.4 Å². The van der Waals surface area contributed by atoms with Crippen molar-refractivity contribution in [2.45, 2.75) is 50.9 Å². The zero-order valence-corrected chi connectivity index (χ0v) is 17.7. The summed E-state index contributed by atoms with van der Waals surface area (Å²) >= 11 is 1.58. The molecule has 0 saturated heterocycles. The van der Waals surface area contributed by atoms with E-state index in [0.717, 1.165) is 28.4 Å². The van der Waals surface area contributed by atoms with Crippen molar-refractivity contribution in [1.29, 1.82) is 0 Å². The lowest BCUT2D eigenvalue weighted by Crippen LogP contribution is -2.30. The van der Waals surface area contributed by atoms with E-state index in [4.69, 9.17) is 0 Å². The van der Waals surface area contributed by atoms with Gasteiger partial charge in [0, 0.05) is 22.7 Å². The van der Waals surface area contributed by atoms with E-state index in [1.807, 2.05) is 36.7 Å². The van der Waals surface area contributed by atoms with Crippen LogP contribution in [-0.4, -0.2) is 20.9 Å². The van der Waals surface area contributed by atoms with Crippen molar-refractivity contribution in [2.75, 3.05) is 0 Å². The fourth-order valence-electron chi connectivity index (χ4n) is 3.09. The molecule has 4 nitrogen and oxygen atoms in total. The van der Waals surface area contributed by atoms with Crippen LogP contribution < -0.4 is 5.32 Å². The molecule has 0 aliphatic carbocycles. The summed E-state index contributed by atoms with van der Waals surface area (Å²) in [5.41, 5.74) is 5.59. The van der Waals surface area contributed by atoms with E-state index in [2.05, 4.69) is 60.7 Å². The molecule has 1 atom stereocenters. The van der Waals surface area contributed by atoms with Crippen molar-refractivity contribution in [2.24, 2.45) is 0 Å². The highest BCUT2D eigenvalue weighted by Crippen LogP contribution is 2.24. The number of aromatic nitrogens is 2. The zero-order valence-electron chi connectivity index (χ0n) is 16.9. The first-order valence-corrected chi connectivity index (χ1v) is 10.4. The van der Waals surface area contributed by atoms with Gasteiger partial charge >= 0.3 is 0 Å². The van der Waals surface area contributed by atoms with Gasteiger partial charge < -0.3 is 5.32 Å². The molecule has 28 heavy (non-hydrogen) atoms. The van der Waals surface area contributed by atoms with E-state index in [-0.39, 0.29) is 11.2 Å². The summed E-state index contributed by atoms with van der Waals surface area (Å²) in [4.78, 5) is 13.7. The quantitative estimate of drug-likeness (QED) is 0.594. The Hall–Kier alpha value is -2.53. The Morgan fingerprint density at radius 1 is 1.07 bits per heavy atom. The Bertz CT molecular complexity index is 932. The molecule has 2 aromatic carbocycles. The molecule has 0 saturated carbocycles. The SMILES string of the molecule is Cc1ccc(S[C@@H](C)C(=O)NCc2c(C)nn(Cc3ccccc3)c2C)cc1. The maximum atomic E-state index is 12.5. The largest absolute Gasteiger partial charge is 0.351 e. The smallest absolute Gasteiger partial charge is 0.233 e. The van der Waals surface area contributed by atoms with Gasteiger partial charge in [0.25, 0.3) is 0 Å². The van der Waals surface area contributed by atoms with E-state index >= 15 is 0 Å². The summed E-state index contributed by atoms with van der Waals surface area (Å²) in [6, 6.07) is 18.6. The minimum Gasteiger partial charge on any atom is -0.351 e. The normalized spacial score (nSPS) is 12.0. The first-order chi connectivity index (χ1) is 13.4. The van der Waals surface area contributed by atoms with Gasteiger partial charge in [0.1, 0.15) is 0 Å². The monoisotopic (exact) mass is 393 g/mol. The number of aryl methyl sites for hydroxylation is 2. The number of thioether (sulfide) groups is 1. The van der Waals surface area contributed by atoms with Crippen molar-refractivity contribution < 1.29 is 4.79 Å². The van der Waals surface area contributed by atoms with Gasteiger partial charge in [0.2, 0.25) is 5.91 Å². The van der Waals surface area contributed by atoms with Crippen LogP contribution in [0.15, 0.2) is 59.5 Å². The molecule has 1 heterocycles. The van der Waals surface area contributed by atoms with E-state index in [1.54, 1.807) is 11.8 Å². The molecule has 146 valence electrons. The number of nitrogens with one attached hydrogen (secondary N) is 1. The van der Waals surface area contributed by atoms with E-state index in [1.165, 1.54) is 11.1 Å². The van der Waals surface area contributed by atoms with Crippen LogP contribution in [0.2, 0.25) is 0 Å². The Balaban J connectivity index is 1.60. The molecule has 0 bridgehead atoms. The van der Waals surface area contributed by atoms with Crippen LogP contribution >= 0.6 is 11.8 Å². The molecule has 1 aromatic heterocycles. The van der Waals surface area contributed by atoms with Crippen LogP contribution in [0.4, 0.5) is 0 Å². The maximum Gasteiger partial charge on any atom is 0.233 e. The van der Waals surface area contributed by atoms with Crippen molar-refractivity contribution in [3.63, 3.8) is 0 Å². The molecule has 3 rings (SSSR count). The standard InChI is InChI=1S/C23H27N3OS/c1-16-10-12-21(13-11-16)28-19(4)23(27)24-14-22-17(2)25-26(18(22)3)15-20-8-6-5-7-9-20/h5-13,19H,14-15H2,1-4H3,(H,24,27)/t19-/m0/s1. The van der Waals surface area contributed by atoms with Crippen LogP contribution in [0.5, 0.6) is 0 Å². The number of hydrogen-bond acceptors (Lipinski definition) is 3.